The van der Waals surface area contributed by atoms with Gasteiger partial charge in [-0.15, -0.1) is 0 Å². The molecular weight excluding hydrogens is 404 g/mol. The number of rotatable bonds is 4. The molecule has 0 saturated heterocycles. The molecule has 30 heavy (non-hydrogen) atoms. The third-order valence-corrected chi connectivity index (χ3v) is 7.49. The van der Waals surface area contributed by atoms with Crippen LogP contribution < -0.4 is 9.80 Å². The molecule has 8 heteroatoms. The van der Waals surface area contributed by atoms with Gasteiger partial charge in [-0.3, -0.25) is 9.69 Å². The topological polar surface area (TPSA) is 95.0 Å². The maximum atomic E-state index is 12.9. The molecule has 1 N–H and O–H groups in total. The van der Waals surface area contributed by atoms with E-state index in [9.17, 15) is 23.1 Å². The van der Waals surface area contributed by atoms with E-state index < -0.39 is 15.9 Å². The minimum absolute atomic E-state index is 0.0172. The number of amides is 2. The third-order valence-electron chi connectivity index (χ3n) is 5.74. The highest BCUT2D eigenvalue weighted by atomic mass is 32.2. The summed E-state index contributed by atoms with van der Waals surface area (Å²) < 4.78 is 24.1. The summed E-state index contributed by atoms with van der Waals surface area (Å²) in [4.78, 5) is 28.0. The summed E-state index contributed by atoms with van der Waals surface area (Å²) in [7, 11) is -3.28. The Morgan fingerprint density at radius 3 is 2.23 bits per heavy atom. The summed E-state index contributed by atoms with van der Waals surface area (Å²) in [5.74, 6) is 0.0883. The molecule has 1 saturated carbocycles. The molecule has 1 fully saturated rings. The lowest BCUT2D eigenvalue weighted by Crippen LogP contribution is -2.52. The Balaban J connectivity index is 1.77. The second kappa shape index (κ2) is 7.43. The van der Waals surface area contributed by atoms with Crippen molar-refractivity contribution in [1.29, 1.82) is 0 Å². The van der Waals surface area contributed by atoms with E-state index in [-0.39, 0.29) is 28.5 Å². The lowest BCUT2D eigenvalue weighted by atomic mass is 10.0. The van der Waals surface area contributed by atoms with Crippen LogP contribution in [0.5, 0.6) is 0 Å². The molecule has 1 heterocycles. The zero-order valence-corrected chi connectivity index (χ0v) is 17.7. The first kappa shape index (κ1) is 20.4. The van der Waals surface area contributed by atoms with Crippen LogP contribution >= 0.6 is 0 Å². The van der Waals surface area contributed by atoms with Crippen LogP contribution in [-0.2, 0) is 14.6 Å². The summed E-state index contributed by atoms with van der Waals surface area (Å²) in [6, 6.07) is 11.6. The summed E-state index contributed by atoms with van der Waals surface area (Å²) in [6.45, 7) is 3.71. The lowest BCUT2D eigenvalue weighted by Gasteiger charge is -2.40. The molecule has 0 aromatic heterocycles. The van der Waals surface area contributed by atoms with Gasteiger partial charge in [0.25, 0.3) is 0 Å². The number of hydrogen-bond acceptors (Lipinski definition) is 4. The van der Waals surface area contributed by atoms with Gasteiger partial charge in [0, 0.05) is 12.5 Å². The smallest absolute Gasteiger partial charge is 0.412 e. The second-order valence-corrected chi connectivity index (χ2v) is 10.1. The highest BCUT2D eigenvalue weighted by molar-refractivity contribution is 7.91. The number of sulfone groups is 1. The number of anilines is 2. The van der Waals surface area contributed by atoms with Gasteiger partial charge in [0.2, 0.25) is 5.91 Å². The Morgan fingerprint density at radius 2 is 1.67 bits per heavy atom. The van der Waals surface area contributed by atoms with Crippen molar-refractivity contribution in [2.45, 2.75) is 37.6 Å². The number of fused-ring (bicyclic) bond motifs is 1. The standard InChI is InChI=1S/C22H24N2O5S/c1-3-30(28,29)18-9-6-15(7-10-18)17-8-11-19-20(12-17)23(21(25)16-4-5-16)13-14(2)24(19)22(26)27/h6-12,14,16H,3-5,13H2,1-2H3,(H,26,27)/t14-/m0/s1. The molecule has 0 radical (unpaired) electrons. The van der Waals surface area contributed by atoms with E-state index in [1.165, 1.54) is 4.90 Å². The van der Waals surface area contributed by atoms with Gasteiger partial charge >= 0.3 is 6.09 Å². The zero-order valence-electron chi connectivity index (χ0n) is 16.9. The molecule has 2 aliphatic rings. The van der Waals surface area contributed by atoms with Gasteiger partial charge in [-0.1, -0.05) is 25.1 Å². The van der Waals surface area contributed by atoms with Gasteiger partial charge < -0.3 is 10.0 Å². The Bertz CT molecular complexity index is 1110. The van der Waals surface area contributed by atoms with Crippen LogP contribution in [0.15, 0.2) is 47.4 Å². The van der Waals surface area contributed by atoms with E-state index >= 15 is 0 Å². The molecule has 7 nitrogen and oxygen atoms in total. The molecule has 158 valence electrons. The quantitative estimate of drug-likeness (QED) is 0.800. The Hall–Kier alpha value is -2.87. The van der Waals surface area contributed by atoms with E-state index in [0.29, 0.717) is 17.9 Å². The molecule has 4 rings (SSSR count). The first-order chi connectivity index (χ1) is 14.2. The Labute approximate surface area is 175 Å². The van der Waals surface area contributed by atoms with Gasteiger partial charge in [0.1, 0.15) is 0 Å². The number of carboxylic acid groups (broad SMARTS) is 1. The maximum absolute atomic E-state index is 12.9. The van der Waals surface area contributed by atoms with Crippen LogP contribution in [0.1, 0.15) is 26.7 Å². The molecule has 2 aromatic rings. The van der Waals surface area contributed by atoms with Crippen molar-refractivity contribution >= 4 is 33.2 Å². The monoisotopic (exact) mass is 428 g/mol. The molecular formula is C22H24N2O5S. The summed E-state index contributed by atoms with van der Waals surface area (Å²) in [5, 5.41) is 9.68. The van der Waals surface area contributed by atoms with Crippen LogP contribution in [0, 0.1) is 5.92 Å². The molecule has 0 bridgehead atoms. The van der Waals surface area contributed by atoms with Crippen LogP contribution in [-0.4, -0.2) is 43.9 Å². The van der Waals surface area contributed by atoms with Gasteiger partial charge in [-0.2, -0.15) is 0 Å². The van der Waals surface area contributed by atoms with Gasteiger partial charge in [0.15, 0.2) is 9.84 Å². The molecule has 1 atom stereocenters. The first-order valence-electron chi connectivity index (χ1n) is 10.0. The highest BCUT2D eigenvalue weighted by Crippen LogP contribution is 2.42. The minimum Gasteiger partial charge on any atom is -0.465 e. The average molecular weight is 429 g/mol. The fourth-order valence-electron chi connectivity index (χ4n) is 3.88. The summed E-state index contributed by atoms with van der Waals surface area (Å²) in [6.07, 6.45) is 0.688. The lowest BCUT2D eigenvalue weighted by molar-refractivity contribution is -0.119. The molecule has 2 aromatic carbocycles. The molecule has 0 spiro atoms. The number of carbonyl (C=O) groups is 2. The maximum Gasteiger partial charge on any atom is 0.412 e. The van der Waals surface area contributed by atoms with E-state index in [1.807, 2.05) is 6.07 Å². The van der Waals surface area contributed by atoms with Gasteiger partial charge in [0.05, 0.1) is 28.1 Å². The van der Waals surface area contributed by atoms with Crippen LogP contribution in [0.4, 0.5) is 16.2 Å². The van der Waals surface area contributed by atoms with Gasteiger partial charge in [-0.25, -0.2) is 13.2 Å². The van der Waals surface area contributed by atoms with Crippen molar-refractivity contribution in [2.75, 3.05) is 22.1 Å². The second-order valence-electron chi connectivity index (χ2n) is 7.86. The van der Waals surface area contributed by atoms with Gasteiger partial charge in [-0.05, 0) is 55.2 Å². The Morgan fingerprint density at radius 1 is 1.03 bits per heavy atom. The van der Waals surface area contributed by atoms with E-state index in [0.717, 1.165) is 24.0 Å². The average Bonchev–Trinajstić information content (AvgIpc) is 3.57. The van der Waals surface area contributed by atoms with Crippen LogP contribution in [0.3, 0.4) is 0 Å². The Kier molecular flexibility index (Phi) is 5.05. The van der Waals surface area contributed by atoms with E-state index in [2.05, 4.69) is 0 Å². The van der Waals surface area contributed by atoms with Crippen LogP contribution in [0.25, 0.3) is 11.1 Å². The molecule has 2 amide bonds. The predicted molar refractivity (Wildman–Crippen MR) is 115 cm³/mol. The van der Waals surface area contributed by atoms with Crippen molar-refractivity contribution in [3.05, 3.63) is 42.5 Å². The molecule has 1 aliphatic carbocycles. The summed E-state index contributed by atoms with van der Waals surface area (Å²) in [5.41, 5.74) is 2.66. The normalized spacial score (nSPS) is 18.8. The summed E-state index contributed by atoms with van der Waals surface area (Å²) >= 11 is 0. The first-order valence-corrected chi connectivity index (χ1v) is 11.7. The SMILES string of the molecule is CCS(=O)(=O)c1ccc(-c2ccc3c(c2)N(C(=O)C2CC2)C[C@H](C)N3C(=O)O)cc1. The van der Waals surface area contributed by atoms with E-state index in [1.54, 1.807) is 55.1 Å². The zero-order chi connectivity index (χ0) is 21.6. The highest BCUT2D eigenvalue weighted by Gasteiger charge is 2.40. The largest absolute Gasteiger partial charge is 0.465 e. The number of nitrogens with zero attached hydrogens (tertiary/aromatic N) is 2. The fourth-order valence-corrected chi connectivity index (χ4v) is 4.76. The van der Waals surface area contributed by atoms with E-state index in [4.69, 9.17) is 0 Å². The predicted octanol–water partition coefficient (Wildman–Crippen LogP) is 3.78. The third kappa shape index (κ3) is 3.56. The van der Waals surface area contributed by atoms with Crippen molar-refractivity contribution in [1.82, 2.24) is 0 Å². The number of hydrogen-bond donors (Lipinski definition) is 1. The van der Waals surface area contributed by atoms with Crippen molar-refractivity contribution in [3.8, 4) is 11.1 Å². The number of carbonyl (C=O) groups excluding carboxylic acids is 1. The fraction of sp³-hybridized carbons (Fsp3) is 0.364. The molecule has 0 unspecified atom stereocenters. The van der Waals surface area contributed by atoms with Crippen molar-refractivity contribution in [2.24, 2.45) is 5.92 Å². The minimum atomic E-state index is -3.28. The van der Waals surface area contributed by atoms with Crippen LogP contribution in [0.2, 0.25) is 0 Å². The van der Waals surface area contributed by atoms with Crippen molar-refractivity contribution in [3.63, 3.8) is 0 Å². The van der Waals surface area contributed by atoms with Crippen molar-refractivity contribution < 1.29 is 23.1 Å². The molecule has 1 aliphatic heterocycles. The number of benzene rings is 2.